The number of aromatic nitrogens is 2. The average Bonchev–Trinajstić information content (AvgIpc) is 2.64. The fraction of sp³-hybridized carbons (Fsp3) is 0.684. The summed E-state index contributed by atoms with van der Waals surface area (Å²) in [5, 5.41) is 30.3. The van der Waals surface area contributed by atoms with Crippen LogP contribution in [0.25, 0.3) is 0 Å². The Kier molecular flexibility index (Phi) is 6.39. The predicted molar refractivity (Wildman–Crippen MR) is 104 cm³/mol. The highest BCUT2D eigenvalue weighted by molar-refractivity contribution is 5.78. The number of β-amino-alcohol motifs (C(OH)–C–C–N with tert-alkyl or cyclic N) is 1. The van der Waals surface area contributed by atoms with Gasteiger partial charge in [0, 0.05) is 37.7 Å². The van der Waals surface area contributed by atoms with E-state index < -0.39 is 40.4 Å². The first-order valence-corrected chi connectivity index (χ1v) is 9.44. The summed E-state index contributed by atoms with van der Waals surface area (Å²) in [6.45, 7) is 6.19. The van der Waals surface area contributed by atoms with E-state index in [4.69, 9.17) is 5.11 Å². The van der Waals surface area contributed by atoms with Crippen molar-refractivity contribution in [3.63, 3.8) is 0 Å². The number of aryl methyl sites for hydroxylation is 1. The third-order valence-corrected chi connectivity index (χ3v) is 5.29. The van der Waals surface area contributed by atoms with E-state index in [-0.39, 0.29) is 43.8 Å². The van der Waals surface area contributed by atoms with Gasteiger partial charge in [-0.25, -0.2) is 4.79 Å². The lowest BCUT2D eigenvalue weighted by molar-refractivity contribution is -0.141. The number of carboxylic acid groups (broad SMARTS) is 1. The molecule has 1 aromatic heterocycles. The average molecular weight is 411 g/mol. The van der Waals surface area contributed by atoms with E-state index in [0.29, 0.717) is 0 Å². The SMILES string of the molecule is Cc1cn([C@H]2CN(C(=O)CC(C)(C)CC(=O)O)C[C@H](O)C[C@]2(C)O)c(=O)[nH]c1=O. The predicted octanol–water partition coefficient (Wildman–Crippen LogP) is -0.379. The molecule has 0 unspecified atom stereocenters. The fourth-order valence-corrected chi connectivity index (χ4v) is 3.81. The molecule has 0 spiro atoms. The zero-order valence-corrected chi connectivity index (χ0v) is 17.1. The summed E-state index contributed by atoms with van der Waals surface area (Å²) in [6.07, 6.45) is -0.0457. The lowest BCUT2D eigenvalue weighted by atomic mass is 9.85. The number of rotatable bonds is 5. The van der Waals surface area contributed by atoms with Crippen LogP contribution < -0.4 is 11.2 Å². The van der Waals surface area contributed by atoms with Gasteiger partial charge < -0.3 is 20.2 Å². The molecule has 2 heterocycles. The minimum Gasteiger partial charge on any atom is -0.481 e. The molecule has 1 fully saturated rings. The van der Waals surface area contributed by atoms with E-state index in [2.05, 4.69) is 4.98 Å². The van der Waals surface area contributed by atoms with E-state index in [9.17, 15) is 29.4 Å². The lowest BCUT2D eigenvalue weighted by Gasteiger charge is -2.34. The second kappa shape index (κ2) is 8.11. The van der Waals surface area contributed by atoms with Crippen molar-refractivity contribution in [3.05, 3.63) is 32.6 Å². The standard InChI is InChI=1S/C19H29N3O7/c1-11-8-22(17(28)20-16(11)27)13-10-21(9-12(23)5-19(13,4)29)14(24)6-18(2,3)7-15(25)26/h8,12-13,23,29H,5-7,9-10H2,1-4H3,(H,25,26)(H,20,27,28)/t12-,13+,19+/m1/s1. The maximum Gasteiger partial charge on any atom is 0.328 e. The molecule has 0 aromatic carbocycles. The van der Waals surface area contributed by atoms with Crippen molar-refractivity contribution in [2.45, 2.75) is 64.7 Å². The van der Waals surface area contributed by atoms with Crippen LogP contribution >= 0.6 is 0 Å². The Hall–Kier alpha value is -2.46. The van der Waals surface area contributed by atoms with E-state index >= 15 is 0 Å². The van der Waals surface area contributed by atoms with Gasteiger partial charge >= 0.3 is 11.7 Å². The number of H-pyrrole nitrogens is 1. The van der Waals surface area contributed by atoms with Crippen LogP contribution in [0.1, 0.15) is 51.6 Å². The molecule has 1 amide bonds. The molecule has 10 heteroatoms. The van der Waals surface area contributed by atoms with Gasteiger partial charge in [0.2, 0.25) is 5.91 Å². The number of aromatic amines is 1. The Balaban J connectivity index is 2.39. The van der Waals surface area contributed by atoms with Crippen LogP contribution in [0.5, 0.6) is 0 Å². The second-order valence-corrected chi connectivity index (χ2v) is 8.92. The Morgan fingerprint density at radius 2 is 1.90 bits per heavy atom. The molecule has 29 heavy (non-hydrogen) atoms. The van der Waals surface area contributed by atoms with E-state index in [0.717, 1.165) is 0 Å². The van der Waals surface area contributed by atoms with E-state index in [1.165, 1.54) is 29.5 Å². The van der Waals surface area contributed by atoms with E-state index in [1.54, 1.807) is 13.8 Å². The summed E-state index contributed by atoms with van der Waals surface area (Å²) in [6, 6.07) is -0.908. The van der Waals surface area contributed by atoms with Gasteiger partial charge in [-0.05, 0) is 19.3 Å². The summed E-state index contributed by atoms with van der Waals surface area (Å²) in [7, 11) is 0. The minimum atomic E-state index is -1.53. The van der Waals surface area contributed by atoms with E-state index in [1.807, 2.05) is 0 Å². The molecule has 0 saturated carbocycles. The largest absolute Gasteiger partial charge is 0.481 e. The Bertz CT molecular complexity index is 900. The molecular weight excluding hydrogens is 382 g/mol. The number of amides is 1. The molecule has 1 aliphatic heterocycles. The van der Waals surface area contributed by atoms with Gasteiger partial charge in [-0.3, -0.25) is 23.9 Å². The number of carbonyl (C=O) groups excluding carboxylic acids is 1. The first-order chi connectivity index (χ1) is 13.2. The topological polar surface area (TPSA) is 153 Å². The van der Waals surface area contributed by atoms with Crippen LogP contribution in [0.4, 0.5) is 0 Å². The van der Waals surface area contributed by atoms with Gasteiger partial charge in [0.15, 0.2) is 0 Å². The molecule has 0 radical (unpaired) electrons. The summed E-state index contributed by atoms with van der Waals surface area (Å²) in [5.41, 5.74) is -3.32. The van der Waals surface area contributed by atoms with Crippen LogP contribution in [0.2, 0.25) is 0 Å². The first-order valence-electron chi connectivity index (χ1n) is 9.44. The van der Waals surface area contributed by atoms with Gasteiger partial charge in [0.1, 0.15) is 0 Å². The number of aliphatic hydroxyl groups excluding tert-OH is 1. The number of carbonyl (C=O) groups is 2. The van der Waals surface area contributed by atoms with Crippen LogP contribution in [0.15, 0.2) is 15.8 Å². The second-order valence-electron chi connectivity index (χ2n) is 8.92. The van der Waals surface area contributed by atoms with Crippen molar-refractivity contribution in [3.8, 4) is 0 Å². The zero-order valence-electron chi connectivity index (χ0n) is 17.1. The van der Waals surface area contributed by atoms with Gasteiger partial charge in [0.05, 0.1) is 24.2 Å². The van der Waals surface area contributed by atoms with Crippen molar-refractivity contribution >= 4 is 11.9 Å². The summed E-state index contributed by atoms with van der Waals surface area (Å²) >= 11 is 0. The number of aliphatic hydroxyl groups is 2. The molecule has 2 rings (SSSR count). The highest BCUT2D eigenvalue weighted by atomic mass is 16.4. The van der Waals surface area contributed by atoms with Gasteiger partial charge in [0.25, 0.3) is 5.56 Å². The lowest BCUT2D eigenvalue weighted by Crippen LogP contribution is -2.48. The quantitative estimate of drug-likeness (QED) is 0.515. The highest BCUT2D eigenvalue weighted by Crippen LogP contribution is 2.32. The molecule has 162 valence electrons. The maximum atomic E-state index is 12.9. The van der Waals surface area contributed by atoms with Crippen molar-refractivity contribution in [2.24, 2.45) is 5.41 Å². The number of carboxylic acids is 1. The highest BCUT2D eigenvalue weighted by Gasteiger charge is 2.42. The van der Waals surface area contributed by atoms with Crippen LogP contribution in [0, 0.1) is 12.3 Å². The third kappa shape index (κ3) is 5.54. The molecule has 10 nitrogen and oxygen atoms in total. The van der Waals surface area contributed by atoms with Gasteiger partial charge in [-0.15, -0.1) is 0 Å². The molecule has 1 aliphatic rings. The number of nitrogens with one attached hydrogen (secondary N) is 1. The van der Waals surface area contributed by atoms with Crippen molar-refractivity contribution in [2.75, 3.05) is 13.1 Å². The number of hydrogen-bond donors (Lipinski definition) is 4. The number of likely N-dealkylation sites (tertiary alicyclic amines) is 1. The maximum absolute atomic E-state index is 12.9. The molecule has 1 aromatic rings. The smallest absolute Gasteiger partial charge is 0.328 e. The van der Waals surface area contributed by atoms with Crippen molar-refractivity contribution in [1.82, 2.24) is 14.5 Å². The Labute approximate surface area is 167 Å². The Morgan fingerprint density at radius 1 is 1.28 bits per heavy atom. The fourth-order valence-electron chi connectivity index (χ4n) is 3.81. The molecule has 4 N–H and O–H groups in total. The molecule has 0 aliphatic carbocycles. The van der Waals surface area contributed by atoms with Crippen LogP contribution in [-0.2, 0) is 9.59 Å². The van der Waals surface area contributed by atoms with Gasteiger partial charge in [-0.1, -0.05) is 13.8 Å². The first kappa shape index (κ1) is 22.8. The summed E-state index contributed by atoms with van der Waals surface area (Å²) < 4.78 is 1.18. The van der Waals surface area contributed by atoms with Crippen LogP contribution in [-0.4, -0.2) is 66.4 Å². The molecule has 1 saturated heterocycles. The monoisotopic (exact) mass is 411 g/mol. The minimum absolute atomic E-state index is 0.0499. The van der Waals surface area contributed by atoms with Crippen LogP contribution in [0.3, 0.4) is 0 Å². The van der Waals surface area contributed by atoms with Gasteiger partial charge in [-0.2, -0.15) is 0 Å². The molecular formula is C19H29N3O7. The molecule has 0 bridgehead atoms. The van der Waals surface area contributed by atoms with Crippen molar-refractivity contribution in [1.29, 1.82) is 0 Å². The summed E-state index contributed by atoms with van der Waals surface area (Å²) in [4.78, 5) is 51.5. The van der Waals surface area contributed by atoms with Crippen molar-refractivity contribution < 1.29 is 24.9 Å². The normalized spacial score (nSPS) is 25.5. The zero-order chi connectivity index (χ0) is 22.1. The number of nitrogens with zero attached hydrogens (tertiary/aromatic N) is 2. The number of aliphatic carboxylic acids is 1. The summed E-state index contributed by atoms with van der Waals surface area (Å²) in [5.74, 6) is -1.40. The third-order valence-electron chi connectivity index (χ3n) is 5.29. The number of hydrogen-bond acceptors (Lipinski definition) is 6. The Morgan fingerprint density at radius 3 is 2.48 bits per heavy atom. The molecule has 3 atom stereocenters.